The summed E-state index contributed by atoms with van der Waals surface area (Å²) in [5.41, 5.74) is 2.12. The van der Waals surface area contributed by atoms with Gasteiger partial charge < -0.3 is 14.4 Å². The summed E-state index contributed by atoms with van der Waals surface area (Å²) in [5, 5.41) is 0. The Morgan fingerprint density at radius 2 is 1.90 bits per heavy atom. The molecule has 0 saturated carbocycles. The number of carbonyl (C=O) groups is 2. The normalized spacial score (nSPS) is 16.4. The van der Waals surface area contributed by atoms with Crippen molar-refractivity contribution < 1.29 is 14.3 Å². The first-order valence-corrected chi connectivity index (χ1v) is 6.79. The maximum atomic E-state index is 11.0. The van der Waals surface area contributed by atoms with E-state index in [1.54, 1.807) is 6.08 Å². The highest BCUT2D eigenvalue weighted by molar-refractivity contribution is 5.86. The van der Waals surface area contributed by atoms with Crippen LogP contribution >= 0.6 is 0 Å². The van der Waals surface area contributed by atoms with Crippen molar-refractivity contribution in [2.75, 3.05) is 25.1 Å². The fourth-order valence-electron chi connectivity index (χ4n) is 2.32. The van der Waals surface area contributed by atoms with E-state index >= 15 is 0 Å². The Bertz CT molecular complexity index is 485. The van der Waals surface area contributed by atoms with Gasteiger partial charge in [0.05, 0.1) is 7.11 Å². The summed E-state index contributed by atoms with van der Waals surface area (Å²) >= 11 is 0. The average Bonchev–Trinajstić information content (AvgIpc) is 2.53. The lowest BCUT2D eigenvalue weighted by molar-refractivity contribution is -0.134. The molecule has 4 heteroatoms. The van der Waals surface area contributed by atoms with E-state index in [1.165, 1.54) is 13.2 Å². The second-order valence-corrected chi connectivity index (χ2v) is 4.91. The minimum atomic E-state index is -0.356. The van der Waals surface area contributed by atoms with E-state index in [4.69, 9.17) is 0 Å². The van der Waals surface area contributed by atoms with Gasteiger partial charge in [0.15, 0.2) is 0 Å². The second kappa shape index (κ2) is 6.89. The maximum absolute atomic E-state index is 11.0. The molecule has 1 aromatic rings. The van der Waals surface area contributed by atoms with Crippen LogP contribution in [0.5, 0.6) is 0 Å². The van der Waals surface area contributed by atoms with E-state index in [-0.39, 0.29) is 11.9 Å². The van der Waals surface area contributed by atoms with Crippen LogP contribution in [0.4, 0.5) is 5.69 Å². The number of methoxy groups -OCH3 is 1. The lowest BCUT2D eigenvalue weighted by Gasteiger charge is -2.31. The van der Waals surface area contributed by atoms with Crippen LogP contribution in [0.3, 0.4) is 0 Å². The van der Waals surface area contributed by atoms with Gasteiger partial charge in [-0.25, -0.2) is 4.79 Å². The van der Waals surface area contributed by atoms with Crippen molar-refractivity contribution >= 4 is 24.0 Å². The zero-order valence-electron chi connectivity index (χ0n) is 11.6. The van der Waals surface area contributed by atoms with Crippen LogP contribution in [0, 0.1) is 5.92 Å². The van der Waals surface area contributed by atoms with E-state index < -0.39 is 0 Å². The molecule has 20 heavy (non-hydrogen) atoms. The number of hydrogen-bond acceptors (Lipinski definition) is 4. The van der Waals surface area contributed by atoms with Crippen molar-refractivity contribution in [2.45, 2.75) is 12.8 Å². The van der Waals surface area contributed by atoms with Crippen molar-refractivity contribution in [3.63, 3.8) is 0 Å². The fraction of sp³-hybridized carbons (Fsp3) is 0.375. The number of benzene rings is 1. The van der Waals surface area contributed by atoms with Crippen LogP contribution in [0.15, 0.2) is 30.3 Å². The molecule has 0 spiro atoms. The minimum absolute atomic E-state index is 0.216. The first kappa shape index (κ1) is 14.3. The molecule has 0 aromatic heterocycles. The SMILES string of the molecule is COC(=O)/C=C/c1ccc(N2CCC(C=O)CC2)cc1. The lowest BCUT2D eigenvalue weighted by atomic mass is 9.98. The molecule has 1 aromatic carbocycles. The van der Waals surface area contributed by atoms with Gasteiger partial charge in [-0.1, -0.05) is 12.1 Å². The molecular weight excluding hydrogens is 254 g/mol. The number of aldehydes is 1. The van der Waals surface area contributed by atoms with E-state index in [0.717, 1.165) is 43.5 Å². The molecule has 2 rings (SSSR count). The monoisotopic (exact) mass is 273 g/mol. The van der Waals surface area contributed by atoms with Crippen molar-refractivity contribution in [3.05, 3.63) is 35.9 Å². The van der Waals surface area contributed by atoms with E-state index in [9.17, 15) is 9.59 Å². The molecular formula is C16H19NO3. The molecule has 0 aliphatic carbocycles. The summed E-state index contributed by atoms with van der Waals surface area (Å²) in [6, 6.07) is 8.03. The zero-order chi connectivity index (χ0) is 14.4. The summed E-state index contributed by atoms with van der Waals surface area (Å²) in [4.78, 5) is 24.0. The van der Waals surface area contributed by atoms with Gasteiger partial charge in [0.25, 0.3) is 0 Å². The second-order valence-electron chi connectivity index (χ2n) is 4.91. The largest absolute Gasteiger partial charge is 0.466 e. The highest BCUT2D eigenvalue weighted by atomic mass is 16.5. The molecule has 0 radical (unpaired) electrons. The topological polar surface area (TPSA) is 46.6 Å². The third-order valence-electron chi connectivity index (χ3n) is 3.60. The predicted octanol–water partition coefficient (Wildman–Crippen LogP) is 2.29. The van der Waals surface area contributed by atoms with Gasteiger partial charge in [-0.2, -0.15) is 0 Å². The summed E-state index contributed by atoms with van der Waals surface area (Å²) in [5.74, 6) is -0.140. The van der Waals surface area contributed by atoms with Crippen LogP contribution in [0.1, 0.15) is 18.4 Å². The summed E-state index contributed by atoms with van der Waals surface area (Å²) in [6.07, 6.45) is 6.05. The Morgan fingerprint density at radius 1 is 1.25 bits per heavy atom. The molecule has 1 heterocycles. The molecule has 1 fully saturated rings. The average molecular weight is 273 g/mol. The van der Waals surface area contributed by atoms with Crippen molar-refractivity contribution in [1.29, 1.82) is 0 Å². The summed E-state index contributed by atoms with van der Waals surface area (Å²) < 4.78 is 4.55. The molecule has 0 unspecified atom stereocenters. The molecule has 1 aliphatic rings. The first-order chi connectivity index (χ1) is 9.72. The van der Waals surface area contributed by atoms with Crippen LogP contribution in [-0.2, 0) is 14.3 Å². The fourth-order valence-corrected chi connectivity index (χ4v) is 2.32. The number of anilines is 1. The molecule has 0 bridgehead atoms. The molecule has 0 amide bonds. The third-order valence-corrected chi connectivity index (χ3v) is 3.60. The number of nitrogens with zero attached hydrogens (tertiary/aromatic N) is 1. The Balaban J connectivity index is 1.96. The maximum Gasteiger partial charge on any atom is 0.330 e. The standard InChI is InChI=1S/C16H19NO3/c1-20-16(19)7-4-13-2-5-15(6-3-13)17-10-8-14(12-18)9-11-17/h2-7,12,14H,8-11H2,1H3/b7-4+. The highest BCUT2D eigenvalue weighted by Crippen LogP contribution is 2.22. The van der Waals surface area contributed by atoms with Gasteiger partial charge in [0.1, 0.15) is 6.29 Å². The third kappa shape index (κ3) is 3.70. The van der Waals surface area contributed by atoms with Crippen LogP contribution in [0.2, 0.25) is 0 Å². The Kier molecular flexibility index (Phi) is 4.93. The predicted molar refractivity (Wildman–Crippen MR) is 78.5 cm³/mol. The van der Waals surface area contributed by atoms with E-state index in [1.807, 2.05) is 24.3 Å². The number of carbonyl (C=O) groups excluding carboxylic acids is 2. The molecule has 0 atom stereocenters. The highest BCUT2D eigenvalue weighted by Gasteiger charge is 2.18. The number of ether oxygens (including phenoxy) is 1. The summed E-state index contributed by atoms with van der Waals surface area (Å²) in [6.45, 7) is 1.83. The van der Waals surface area contributed by atoms with Gasteiger partial charge >= 0.3 is 5.97 Å². The van der Waals surface area contributed by atoms with Crippen molar-refractivity contribution in [1.82, 2.24) is 0 Å². The van der Waals surface area contributed by atoms with Gasteiger partial charge in [-0.15, -0.1) is 0 Å². The van der Waals surface area contributed by atoms with Gasteiger partial charge in [0.2, 0.25) is 0 Å². The number of rotatable bonds is 4. The number of piperidine rings is 1. The van der Waals surface area contributed by atoms with Gasteiger partial charge in [-0.3, -0.25) is 0 Å². The molecule has 4 nitrogen and oxygen atoms in total. The summed E-state index contributed by atoms with van der Waals surface area (Å²) in [7, 11) is 1.36. The minimum Gasteiger partial charge on any atom is -0.466 e. The van der Waals surface area contributed by atoms with Crippen molar-refractivity contribution in [2.24, 2.45) is 5.92 Å². The quantitative estimate of drug-likeness (QED) is 0.480. The Labute approximate surface area is 119 Å². The van der Waals surface area contributed by atoms with Crippen molar-refractivity contribution in [3.8, 4) is 0 Å². The number of hydrogen-bond donors (Lipinski definition) is 0. The van der Waals surface area contributed by atoms with E-state index in [0.29, 0.717) is 0 Å². The Hall–Kier alpha value is -2.10. The zero-order valence-corrected chi connectivity index (χ0v) is 11.6. The van der Waals surface area contributed by atoms with E-state index in [2.05, 4.69) is 9.64 Å². The lowest BCUT2D eigenvalue weighted by Crippen LogP contribution is -2.33. The van der Waals surface area contributed by atoms with Crippen LogP contribution < -0.4 is 4.90 Å². The van der Waals surface area contributed by atoms with Crippen LogP contribution in [0.25, 0.3) is 6.08 Å². The molecule has 1 saturated heterocycles. The molecule has 106 valence electrons. The van der Waals surface area contributed by atoms with Crippen LogP contribution in [-0.4, -0.2) is 32.5 Å². The van der Waals surface area contributed by atoms with Gasteiger partial charge in [-0.05, 0) is 36.6 Å². The molecule has 1 aliphatic heterocycles. The van der Waals surface area contributed by atoms with Gasteiger partial charge in [0, 0.05) is 30.8 Å². The number of esters is 1. The first-order valence-electron chi connectivity index (χ1n) is 6.79. The smallest absolute Gasteiger partial charge is 0.330 e. The molecule has 0 N–H and O–H groups in total. The Morgan fingerprint density at radius 3 is 2.45 bits per heavy atom.